The van der Waals surface area contributed by atoms with Crippen molar-refractivity contribution in [3.8, 4) is 17.7 Å². The van der Waals surface area contributed by atoms with Gasteiger partial charge in [-0.2, -0.15) is 10.4 Å². The lowest BCUT2D eigenvalue weighted by molar-refractivity contribution is 0.405. The normalized spacial score (nSPS) is 10.6. The van der Waals surface area contributed by atoms with Crippen molar-refractivity contribution in [3.05, 3.63) is 35.3 Å². The SMILES string of the molecule is CC(C)c1nn(C)c(Oc2ccc(C#N)cc2F)c1N. The van der Waals surface area contributed by atoms with Crippen molar-refractivity contribution in [2.75, 3.05) is 5.73 Å². The Kier molecular flexibility index (Phi) is 3.61. The summed E-state index contributed by atoms with van der Waals surface area (Å²) in [5.74, 6) is -0.175. The van der Waals surface area contributed by atoms with Crippen LogP contribution in [-0.2, 0) is 7.05 Å². The Morgan fingerprint density at radius 3 is 2.65 bits per heavy atom. The lowest BCUT2D eigenvalue weighted by Gasteiger charge is -2.08. The van der Waals surface area contributed by atoms with Gasteiger partial charge < -0.3 is 10.5 Å². The maximum absolute atomic E-state index is 13.8. The van der Waals surface area contributed by atoms with Gasteiger partial charge in [-0.05, 0) is 24.1 Å². The lowest BCUT2D eigenvalue weighted by atomic mass is 10.1. The fourth-order valence-electron chi connectivity index (χ4n) is 1.85. The zero-order chi connectivity index (χ0) is 14.9. The summed E-state index contributed by atoms with van der Waals surface area (Å²) in [5, 5.41) is 13.0. The number of nitrogen functional groups attached to an aromatic ring is 1. The van der Waals surface area contributed by atoms with Gasteiger partial charge in [-0.3, -0.25) is 0 Å². The highest BCUT2D eigenvalue weighted by molar-refractivity contribution is 5.55. The largest absolute Gasteiger partial charge is 0.434 e. The molecule has 1 aromatic heterocycles. The molecule has 0 radical (unpaired) electrons. The summed E-state index contributed by atoms with van der Waals surface area (Å²) in [5.41, 5.74) is 7.31. The summed E-state index contributed by atoms with van der Waals surface area (Å²) in [4.78, 5) is 0. The molecule has 0 fully saturated rings. The number of aryl methyl sites for hydroxylation is 1. The zero-order valence-electron chi connectivity index (χ0n) is 11.5. The molecular formula is C14H15FN4O. The van der Waals surface area contributed by atoms with E-state index in [0.29, 0.717) is 11.4 Å². The Morgan fingerprint density at radius 2 is 2.15 bits per heavy atom. The van der Waals surface area contributed by atoms with Gasteiger partial charge in [0.05, 0.1) is 17.3 Å². The Hall–Kier alpha value is -2.55. The smallest absolute Gasteiger partial charge is 0.241 e. The molecule has 2 aromatic rings. The van der Waals surface area contributed by atoms with E-state index in [0.717, 1.165) is 6.07 Å². The number of rotatable bonds is 3. The zero-order valence-corrected chi connectivity index (χ0v) is 11.5. The highest BCUT2D eigenvalue weighted by Crippen LogP contribution is 2.34. The summed E-state index contributed by atoms with van der Waals surface area (Å²) < 4.78 is 20.8. The number of hydrogen-bond acceptors (Lipinski definition) is 4. The maximum Gasteiger partial charge on any atom is 0.241 e. The van der Waals surface area contributed by atoms with Crippen LogP contribution in [0.25, 0.3) is 0 Å². The standard InChI is InChI=1S/C14H15FN4O/c1-8(2)13-12(17)14(19(3)18-13)20-11-5-4-9(7-16)6-10(11)15/h4-6,8H,17H2,1-3H3. The predicted octanol–water partition coefficient (Wildman–Crippen LogP) is 2.93. The molecule has 1 aromatic carbocycles. The number of nitrogens with two attached hydrogens (primary N) is 1. The number of hydrogen-bond donors (Lipinski definition) is 1. The molecule has 2 N–H and O–H groups in total. The van der Waals surface area contributed by atoms with E-state index in [1.165, 1.54) is 16.8 Å². The highest BCUT2D eigenvalue weighted by Gasteiger charge is 2.19. The summed E-state index contributed by atoms with van der Waals surface area (Å²) >= 11 is 0. The Morgan fingerprint density at radius 1 is 1.45 bits per heavy atom. The predicted molar refractivity (Wildman–Crippen MR) is 72.9 cm³/mol. The van der Waals surface area contributed by atoms with Crippen molar-refractivity contribution in [1.29, 1.82) is 5.26 Å². The molecule has 6 heteroatoms. The minimum atomic E-state index is -0.615. The molecule has 0 bridgehead atoms. The van der Waals surface area contributed by atoms with Crippen LogP contribution in [0.2, 0.25) is 0 Å². The van der Waals surface area contributed by atoms with Crippen LogP contribution in [0.4, 0.5) is 10.1 Å². The van der Waals surface area contributed by atoms with E-state index in [2.05, 4.69) is 5.10 Å². The molecule has 20 heavy (non-hydrogen) atoms. The van der Waals surface area contributed by atoms with Crippen LogP contribution < -0.4 is 10.5 Å². The molecule has 0 unspecified atom stereocenters. The van der Waals surface area contributed by atoms with Crippen molar-refractivity contribution in [3.63, 3.8) is 0 Å². The second-order valence-corrected chi connectivity index (χ2v) is 4.74. The van der Waals surface area contributed by atoms with E-state index in [1.54, 1.807) is 7.05 Å². The Bertz CT molecular complexity index is 685. The molecule has 0 aliphatic rings. The van der Waals surface area contributed by atoms with Crippen LogP contribution in [0.3, 0.4) is 0 Å². The van der Waals surface area contributed by atoms with E-state index < -0.39 is 5.82 Å². The number of aromatic nitrogens is 2. The second-order valence-electron chi connectivity index (χ2n) is 4.74. The van der Waals surface area contributed by atoms with Crippen LogP contribution in [0.1, 0.15) is 31.0 Å². The number of benzene rings is 1. The van der Waals surface area contributed by atoms with Crippen LogP contribution in [0.5, 0.6) is 11.6 Å². The quantitative estimate of drug-likeness (QED) is 0.933. The summed E-state index contributed by atoms with van der Waals surface area (Å²) in [6.07, 6.45) is 0. The molecule has 0 aliphatic heterocycles. The molecule has 0 saturated carbocycles. The average molecular weight is 274 g/mol. The first-order valence-corrected chi connectivity index (χ1v) is 6.14. The molecular weight excluding hydrogens is 259 g/mol. The second kappa shape index (κ2) is 5.21. The summed E-state index contributed by atoms with van der Waals surface area (Å²) in [7, 11) is 1.68. The van der Waals surface area contributed by atoms with Crippen molar-refractivity contribution >= 4 is 5.69 Å². The van der Waals surface area contributed by atoms with E-state index >= 15 is 0 Å². The number of anilines is 1. The van der Waals surface area contributed by atoms with E-state index in [4.69, 9.17) is 15.7 Å². The third-order valence-corrected chi connectivity index (χ3v) is 2.87. The van der Waals surface area contributed by atoms with Gasteiger partial charge in [0.1, 0.15) is 5.69 Å². The van der Waals surface area contributed by atoms with Crippen molar-refractivity contribution in [2.45, 2.75) is 19.8 Å². The number of nitrogens with zero attached hydrogens (tertiary/aromatic N) is 3. The number of ether oxygens (including phenoxy) is 1. The van der Waals surface area contributed by atoms with Gasteiger partial charge >= 0.3 is 0 Å². The van der Waals surface area contributed by atoms with Crippen LogP contribution >= 0.6 is 0 Å². The Labute approximate surface area is 116 Å². The van der Waals surface area contributed by atoms with Crippen molar-refractivity contribution in [1.82, 2.24) is 9.78 Å². The number of halogens is 1. The van der Waals surface area contributed by atoms with E-state index in [-0.39, 0.29) is 23.1 Å². The van der Waals surface area contributed by atoms with Gasteiger partial charge in [0.2, 0.25) is 5.88 Å². The molecule has 5 nitrogen and oxygen atoms in total. The van der Waals surface area contributed by atoms with Gasteiger partial charge in [0.25, 0.3) is 0 Å². The first kappa shape index (κ1) is 13.9. The van der Waals surface area contributed by atoms with Crippen molar-refractivity contribution in [2.24, 2.45) is 7.05 Å². The minimum absolute atomic E-state index is 0.00834. The van der Waals surface area contributed by atoms with Gasteiger partial charge in [-0.1, -0.05) is 13.8 Å². The molecule has 0 aliphatic carbocycles. The maximum atomic E-state index is 13.8. The molecule has 0 saturated heterocycles. The monoisotopic (exact) mass is 274 g/mol. The van der Waals surface area contributed by atoms with Gasteiger partial charge in [-0.15, -0.1) is 0 Å². The molecule has 0 amide bonds. The third-order valence-electron chi connectivity index (χ3n) is 2.87. The first-order valence-electron chi connectivity index (χ1n) is 6.14. The van der Waals surface area contributed by atoms with Gasteiger partial charge in [0, 0.05) is 7.05 Å². The molecule has 104 valence electrons. The van der Waals surface area contributed by atoms with Crippen LogP contribution in [0, 0.1) is 17.1 Å². The summed E-state index contributed by atoms with van der Waals surface area (Å²) in [6, 6.07) is 5.86. The number of nitriles is 1. The molecule has 0 spiro atoms. The van der Waals surface area contributed by atoms with Crippen LogP contribution in [-0.4, -0.2) is 9.78 Å². The minimum Gasteiger partial charge on any atom is -0.434 e. The molecule has 1 heterocycles. The van der Waals surface area contributed by atoms with Crippen LogP contribution in [0.15, 0.2) is 18.2 Å². The first-order chi connectivity index (χ1) is 9.43. The van der Waals surface area contributed by atoms with Gasteiger partial charge in [-0.25, -0.2) is 9.07 Å². The lowest BCUT2D eigenvalue weighted by Crippen LogP contribution is -1.98. The van der Waals surface area contributed by atoms with Gasteiger partial charge in [0.15, 0.2) is 11.6 Å². The molecule has 2 rings (SSSR count). The van der Waals surface area contributed by atoms with E-state index in [9.17, 15) is 4.39 Å². The van der Waals surface area contributed by atoms with E-state index in [1.807, 2.05) is 19.9 Å². The molecule has 0 atom stereocenters. The third kappa shape index (κ3) is 2.43. The Balaban J connectivity index is 2.38. The highest BCUT2D eigenvalue weighted by atomic mass is 19.1. The average Bonchev–Trinajstić information content (AvgIpc) is 2.68. The summed E-state index contributed by atoms with van der Waals surface area (Å²) in [6.45, 7) is 3.93. The fourth-order valence-corrected chi connectivity index (χ4v) is 1.85. The fraction of sp³-hybridized carbons (Fsp3) is 0.286. The topological polar surface area (TPSA) is 76.9 Å². The van der Waals surface area contributed by atoms with Crippen molar-refractivity contribution < 1.29 is 9.13 Å².